The summed E-state index contributed by atoms with van der Waals surface area (Å²) in [7, 11) is -3.74. The van der Waals surface area contributed by atoms with E-state index in [1.165, 1.54) is 18.2 Å². The standard InChI is InChI=1S/C11H14ClN3O3S/c12-9-3-1-7(13)5-10(9)19(17,18)15-8-2-4-11(16)14-6-8/h1,3,5,8,15H,2,4,6,13H2,(H,14,16). The van der Waals surface area contributed by atoms with E-state index in [-0.39, 0.29) is 28.4 Å². The van der Waals surface area contributed by atoms with Crippen LogP contribution in [0.15, 0.2) is 23.1 Å². The third-order valence-electron chi connectivity index (χ3n) is 2.83. The first-order valence-corrected chi connectivity index (χ1v) is 7.58. The molecule has 1 amide bonds. The third kappa shape index (κ3) is 3.37. The number of hydrogen-bond donors (Lipinski definition) is 3. The topological polar surface area (TPSA) is 101 Å². The van der Waals surface area contributed by atoms with Gasteiger partial charge >= 0.3 is 0 Å². The van der Waals surface area contributed by atoms with E-state index < -0.39 is 10.0 Å². The lowest BCUT2D eigenvalue weighted by Gasteiger charge is -2.23. The summed E-state index contributed by atoms with van der Waals surface area (Å²) in [5.41, 5.74) is 5.89. The average molecular weight is 304 g/mol. The fourth-order valence-electron chi connectivity index (χ4n) is 1.84. The van der Waals surface area contributed by atoms with Gasteiger partial charge in [-0.05, 0) is 24.6 Å². The molecule has 1 aliphatic rings. The summed E-state index contributed by atoms with van der Waals surface area (Å²) in [5, 5.41) is 2.72. The summed E-state index contributed by atoms with van der Waals surface area (Å²) in [5.74, 6) is -0.0718. The number of amides is 1. The fourth-order valence-corrected chi connectivity index (χ4v) is 3.65. The number of anilines is 1. The van der Waals surface area contributed by atoms with E-state index in [4.69, 9.17) is 17.3 Å². The second-order valence-corrected chi connectivity index (χ2v) is 6.44. The van der Waals surface area contributed by atoms with Crippen LogP contribution in [0.2, 0.25) is 5.02 Å². The Morgan fingerprint density at radius 2 is 2.16 bits per heavy atom. The lowest BCUT2D eigenvalue weighted by molar-refractivity contribution is -0.122. The van der Waals surface area contributed by atoms with Gasteiger partial charge in [-0.25, -0.2) is 13.1 Å². The predicted molar refractivity (Wildman–Crippen MR) is 72.2 cm³/mol. The molecule has 0 radical (unpaired) electrons. The number of nitrogens with two attached hydrogens (primary N) is 1. The molecule has 0 aromatic heterocycles. The van der Waals surface area contributed by atoms with Crippen molar-refractivity contribution in [2.45, 2.75) is 23.8 Å². The Balaban J connectivity index is 2.18. The highest BCUT2D eigenvalue weighted by Crippen LogP contribution is 2.24. The summed E-state index contributed by atoms with van der Waals surface area (Å²) in [4.78, 5) is 11.0. The summed E-state index contributed by atoms with van der Waals surface area (Å²) in [6.45, 7) is 0.276. The molecule has 1 unspecified atom stereocenters. The van der Waals surface area contributed by atoms with Crippen molar-refractivity contribution >= 4 is 33.2 Å². The average Bonchev–Trinajstić information content (AvgIpc) is 2.35. The van der Waals surface area contributed by atoms with Gasteiger partial charge in [-0.2, -0.15) is 0 Å². The molecule has 1 heterocycles. The van der Waals surface area contributed by atoms with Crippen molar-refractivity contribution in [3.63, 3.8) is 0 Å². The Kier molecular flexibility index (Phi) is 3.98. The van der Waals surface area contributed by atoms with E-state index >= 15 is 0 Å². The maximum absolute atomic E-state index is 12.2. The van der Waals surface area contributed by atoms with Gasteiger partial charge in [0, 0.05) is 24.7 Å². The molecule has 1 atom stereocenters. The van der Waals surface area contributed by atoms with E-state index in [1.54, 1.807) is 0 Å². The highest BCUT2D eigenvalue weighted by Gasteiger charge is 2.25. The molecule has 8 heteroatoms. The Morgan fingerprint density at radius 1 is 1.42 bits per heavy atom. The highest BCUT2D eigenvalue weighted by atomic mass is 35.5. The monoisotopic (exact) mass is 303 g/mol. The second-order valence-electron chi connectivity index (χ2n) is 4.35. The molecule has 0 spiro atoms. The summed E-state index contributed by atoms with van der Waals surface area (Å²) in [6.07, 6.45) is 0.767. The summed E-state index contributed by atoms with van der Waals surface area (Å²) in [6, 6.07) is 3.95. The molecule has 1 aromatic carbocycles. The number of halogens is 1. The van der Waals surface area contributed by atoms with Crippen LogP contribution in [-0.2, 0) is 14.8 Å². The Labute approximate surface area is 116 Å². The zero-order valence-corrected chi connectivity index (χ0v) is 11.6. The second kappa shape index (κ2) is 5.36. The van der Waals surface area contributed by atoms with Crippen LogP contribution in [0.3, 0.4) is 0 Å². The quantitative estimate of drug-likeness (QED) is 0.707. The van der Waals surface area contributed by atoms with Gasteiger partial charge in [0.25, 0.3) is 0 Å². The minimum absolute atomic E-state index is 0.0499. The molecule has 0 bridgehead atoms. The van der Waals surface area contributed by atoms with Gasteiger partial charge in [0.15, 0.2) is 0 Å². The highest BCUT2D eigenvalue weighted by molar-refractivity contribution is 7.89. The van der Waals surface area contributed by atoms with Crippen molar-refractivity contribution in [2.24, 2.45) is 0 Å². The van der Waals surface area contributed by atoms with Crippen LogP contribution in [0.25, 0.3) is 0 Å². The zero-order valence-electron chi connectivity index (χ0n) is 10.0. The third-order valence-corrected chi connectivity index (χ3v) is 4.83. The molecule has 1 fully saturated rings. The predicted octanol–water partition coefficient (Wildman–Crippen LogP) is 0.479. The minimum atomic E-state index is -3.74. The summed E-state index contributed by atoms with van der Waals surface area (Å²) >= 11 is 5.88. The molecule has 4 N–H and O–H groups in total. The first-order chi connectivity index (χ1) is 8.88. The maximum atomic E-state index is 12.2. The molecule has 2 rings (SSSR count). The van der Waals surface area contributed by atoms with Crippen molar-refractivity contribution in [3.8, 4) is 0 Å². The van der Waals surface area contributed by atoms with E-state index in [0.717, 1.165) is 0 Å². The number of hydrogen-bond acceptors (Lipinski definition) is 4. The van der Waals surface area contributed by atoms with Crippen LogP contribution >= 0.6 is 11.6 Å². The molecular formula is C11H14ClN3O3S. The molecule has 1 aliphatic heterocycles. The molecular weight excluding hydrogens is 290 g/mol. The minimum Gasteiger partial charge on any atom is -0.399 e. The number of nitrogen functional groups attached to an aromatic ring is 1. The first-order valence-electron chi connectivity index (χ1n) is 5.72. The molecule has 19 heavy (non-hydrogen) atoms. The normalized spacial score (nSPS) is 20.1. The van der Waals surface area contributed by atoms with Crippen molar-refractivity contribution < 1.29 is 13.2 Å². The number of rotatable bonds is 3. The Bertz CT molecular complexity index is 593. The van der Waals surface area contributed by atoms with Crippen molar-refractivity contribution in [1.29, 1.82) is 0 Å². The number of benzene rings is 1. The number of carbonyl (C=O) groups is 1. The first kappa shape index (κ1) is 14.1. The molecule has 1 aromatic rings. The van der Waals surface area contributed by atoms with Crippen LogP contribution in [-0.4, -0.2) is 26.9 Å². The molecule has 1 saturated heterocycles. The largest absolute Gasteiger partial charge is 0.399 e. The van der Waals surface area contributed by atoms with Gasteiger partial charge in [0.1, 0.15) is 4.90 Å². The van der Waals surface area contributed by atoms with Gasteiger partial charge in [-0.1, -0.05) is 11.6 Å². The number of sulfonamides is 1. The number of nitrogens with one attached hydrogen (secondary N) is 2. The zero-order chi connectivity index (χ0) is 14.0. The van der Waals surface area contributed by atoms with Crippen LogP contribution in [0.5, 0.6) is 0 Å². The molecule has 0 saturated carbocycles. The van der Waals surface area contributed by atoms with Crippen molar-refractivity contribution in [1.82, 2.24) is 10.0 Å². The van der Waals surface area contributed by atoms with Gasteiger partial charge in [-0.3, -0.25) is 4.79 Å². The SMILES string of the molecule is Nc1ccc(Cl)c(S(=O)(=O)NC2CCC(=O)NC2)c1. The Morgan fingerprint density at radius 3 is 2.79 bits per heavy atom. The van der Waals surface area contributed by atoms with E-state index in [0.29, 0.717) is 18.5 Å². The number of carbonyl (C=O) groups excluding carboxylic acids is 1. The van der Waals surface area contributed by atoms with Crippen LogP contribution in [0.4, 0.5) is 5.69 Å². The fraction of sp³-hybridized carbons (Fsp3) is 0.364. The lowest BCUT2D eigenvalue weighted by Crippen LogP contribution is -2.47. The molecule has 0 aliphatic carbocycles. The molecule has 6 nitrogen and oxygen atoms in total. The van der Waals surface area contributed by atoms with E-state index in [2.05, 4.69) is 10.0 Å². The van der Waals surface area contributed by atoms with Gasteiger partial charge in [0.05, 0.1) is 5.02 Å². The number of piperidine rings is 1. The Hall–Kier alpha value is -1.31. The smallest absolute Gasteiger partial charge is 0.242 e. The van der Waals surface area contributed by atoms with Crippen LogP contribution in [0, 0.1) is 0 Å². The summed E-state index contributed by atoms with van der Waals surface area (Å²) < 4.78 is 26.9. The van der Waals surface area contributed by atoms with E-state index in [9.17, 15) is 13.2 Å². The van der Waals surface area contributed by atoms with Gasteiger partial charge in [0.2, 0.25) is 15.9 Å². The molecule has 104 valence electrons. The van der Waals surface area contributed by atoms with Crippen molar-refractivity contribution in [2.75, 3.05) is 12.3 Å². The van der Waals surface area contributed by atoms with Crippen LogP contribution < -0.4 is 15.8 Å². The van der Waals surface area contributed by atoms with Gasteiger partial charge in [-0.15, -0.1) is 0 Å². The van der Waals surface area contributed by atoms with Crippen LogP contribution in [0.1, 0.15) is 12.8 Å². The van der Waals surface area contributed by atoms with Crippen molar-refractivity contribution in [3.05, 3.63) is 23.2 Å². The van der Waals surface area contributed by atoms with Gasteiger partial charge < -0.3 is 11.1 Å². The lowest BCUT2D eigenvalue weighted by atomic mass is 10.1. The maximum Gasteiger partial charge on any atom is 0.242 e. The van der Waals surface area contributed by atoms with E-state index in [1.807, 2.05) is 0 Å².